The number of anilines is 1. The largest absolute Gasteiger partial charge is 0.504 e. The standard InChI is InChI=1S/C7H9N3O3/c8-10-7(13)9-4-1-2-5(11)6(12)3-4/h1-3,11-12H,8H2,(H2,9,10,13). The molecule has 0 saturated carbocycles. The van der Waals surface area contributed by atoms with Crippen molar-refractivity contribution in [3.8, 4) is 11.5 Å². The van der Waals surface area contributed by atoms with Crippen LogP contribution in [0.5, 0.6) is 11.5 Å². The number of hydrazine groups is 1. The molecule has 0 aliphatic rings. The molecule has 0 aliphatic heterocycles. The molecule has 6 heteroatoms. The van der Waals surface area contributed by atoms with Gasteiger partial charge in [0.15, 0.2) is 11.5 Å². The van der Waals surface area contributed by atoms with Gasteiger partial charge in [0.1, 0.15) is 0 Å². The van der Waals surface area contributed by atoms with Crippen molar-refractivity contribution in [1.82, 2.24) is 5.43 Å². The molecule has 0 spiro atoms. The fourth-order valence-corrected chi connectivity index (χ4v) is 0.768. The molecule has 0 heterocycles. The topological polar surface area (TPSA) is 108 Å². The van der Waals surface area contributed by atoms with Gasteiger partial charge in [-0.3, -0.25) is 5.43 Å². The maximum Gasteiger partial charge on any atom is 0.333 e. The second-order valence-electron chi connectivity index (χ2n) is 2.30. The number of aromatic hydroxyl groups is 2. The van der Waals surface area contributed by atoms with Gasteiger partial charge in [-0.05, 0) is 12.1 Å². The van der Waals surface area contributed by atoms with Crippen LogP contribution < -0.4 is 16.6 Å². The summed E-state index contributed by atoms with van der Waals surface area (Å²) in [6.45, 7) is 0. The molecule has 6 N–H and O–H groups in total. The molecule has 6 nitrogen and oxygen atoms in total. The third-order valence-electron chi connectivity index (χ3n) is 1.36. The van der Waals surface area contributed by atoms with Gasteiger partial charge in [-0.25, -0.2) is 10.6 Å². The number of hydrogen-bond donors (Lipinski definition) is 5. The van der Waals surface area contributed by atoms with E-state index in [1.165, 1.54) is 18.2 Å². The highest BCUT2D eigenvalue weighted by atomic mass is 16.3. The summed E-state index contributed by atoms with van der Waals surface area (Å²) >= 11 is 0. The Bertz CT molecular complexity index is 327. The molecule has 0 aliphatic carbocycles. The lowest BCUT2D eigenvalue weighted by atomic mass is 10.3. The van der Waals surface area contributed by atoms with Crippen LogP contribution in [0.3, 0.4) is 0 Å². The van der Waals surface area contributed by atoms with Gasteiger partial charge in [0.05, 0.1) is 0 Å². The molecule has 0 saturated heterocycles. The first-order valence-corrected chi connectivity index (χ1v) is 3.43. The summed E-state index contributed by atoms with van der Waals surface area (Å²) in [5.41, 5.74) is 2.19. The van der Waals surface area contributed by atoms with Gasteiger partial charge in [-0.2, -0.15) is 0 Å². The van der Waals surface area contributed by atoms with Crippen LogP contribution in [-0.2, 0) is 0 Å². The van der Waals surface area contributed by atoms with E-state index in [4.69, 9.17) is 16.1 Å². The Morgan fingerprint density at radius 2 is 2.00 bits per heavy atom. The number of nitrogens with two attached hydrogens (primary N) is 1. The number of rotatable bonds is 1. The first kappa shape index (κ1) is 9.14. The van der Waals surface area contributed by atoms with Crippen LogP contribution in [0.15, 0.2) is 18.2 Å². The van der Waals surface area contributed by atoms with Crippen molar-refractivity contribution >= 4 is 11.7 Å². The Balaban J connectivity index is 2.79. The Morgan fingerprint density at radius 3 is 2.54 bits per heavy atom. The summed E-state index contributed by atoms with van der Waals surface area (Å²) in [7, 11) is 0. The van der Waals surface area contributed by atoms with Crippen LogP contribution in [0.2, 0.25) is 0 Å². The lowest BCUT2D eigenvalue weighted by Gasteiger charge is -2.04. The number of amides is 2. The van der Waals surface area contributed by atoms with E-state index in [0.717, 1.165) is 0 Å². The van der Waals surface area contributed by atoms with E-state index < -0.39 is 6.03 Å². The van der Waals surface area contributed by atoms with E-state index in [1.54, 1.807) is 0 Å². The first-order chi connectivity index (χ1) is 6.13. The molecule has 13 heavy (non-hydrogen) atoms. The number of carbonyl (C=O) groups excluding carboxylic acids is 1. The van der Waals surface area contributed by atoms with E-state index in [0.29, 0.717) is 5.69 Å². The maximum absolute atomic E-state index is 10.7. The molecule has 2 amide bonds. The molecular formula is C7H9N3O3. The Labute approximate surface area is 74.0 Å². The molecule has 0 radical (unpaired) electrons. The SMILES string of the molecule is NNC(=O)Nc1ccc(O)c(O)c1. The minimum absolute atomic E-state index is 0.251. The van der Waals surface area contributed by atoms with E-state index in [9.17, 15) is 4.79 Å². The van der Waals surface area contributed by atoms with Gasteiger partial charge in [0, 0.05) is 11.8 Å². The Kier molecular flexibility index (Phi) is 2.56. The predicted octanol–water partition coefficient (Wildman–Crippen LogP) is 0.0930. The van der Waals surface area contributed by atoms with Gasteiger partial charge in [0.25, 0.3) is 0 Å². The summed E-state index contributed by atoms with van der Waals surface area (Å²) < 4.78 is 0. The Morgan fingerprint density at radius 1 is 1.31 bits per heavy atom. The second kappa shape index (κ2) is 3.63. The van der Waals surface area contributed by atoms with E-state index in [2.05, 4.69) is 5.32 Å². The Hall–Kier alpha value is -1.95. The number of phenols is 2. The average Bonchev–Trinajstić information content (AvgIpc) is 2.11. The van der Waals surface area contributed by atoms with Crippen molar-refractivity contribution in [3.63, 3.8) is 0 Å². The molecule has 1 aromatic carbocycles. The van der Waals surface area contributed by atoms with Gasteiger partial charge < -0.3 is 15.5 Å². The van der Waals surface area contributed by atoms with Crippen molar-refractivity contribution in [2.24, 2.45) is 5.84 Å². The van der Waals surface area contributed by atoms with Gasteiger partial charge in [-0.15, -0.1) is 0 Å². The third kappa shape index (κ3) is 2.24. The third-order valence-corrected chi connectivity index (χ3v) is 1.36. The van der Waals surface area contributed by atoms with Crippen molar-refractivity contribution in [2.75, 3.05) is 5.32 Å². The lowest BCUT2D eigenvalue weighted by Crippen LogP contribution is -2.34. The van der Waals surface area contributed by atoms with Crippen LogP contribution >= 0.6 is 0 Å². The quantitative estimate of drug-likeness (QED) is 0.140. The zero-order chi connectivity index (χ0) is 9.84. The highest BCUT2D eigenvalue weighted by Gasteiger charge is 2.02. The number of benzene rings is 1. The van der Waals surface area contributed by atoms with Crippen molar-refractivity contribution in [1.29, 1.82) is 0 Å². The molecule has 0 aromatic heterocycles. The van der Waals surface area contributed by atoms with Crippen LogP contribution in [0.25, 0.3) is 0 Å². The summed E-state index contributed by atoms with van der Waals surface area (Å²) in [6.07, 6.45) is 0. The van der Waals surface area contributed by atoms with Gasteiger partial charge in [-0.1, -0.05) is 0 Å². The maximum atomic E-state index is 10.7. The number of hydrogen-bond acceptors (Lipinski definition) is 4. The van der Waals surface area contributed by atoms with Crippen LogP contribution in [0.4, 0.5) is 10.5 Å². The van der Waals surface area contributed by atoms with E-state index in [-0.39, 0.29) is 11.5 Å². The summed E-state index contributed by atoms with van der Waals surface area (Å²) in [4.78, 5) is 10.7. The average molecular weight is 183 g/mol. The first-order valence-electron chi connectivity index (χ1n) is 3.43. The highest BCUT2D eigenvalue weighted by Crippen LogP contribution is 2.27. The van der Waals surface area contributed by atoms with Crippen LogP contribution in [0, 0.1) is 0 Å². The van der Waals surface area contributed by atoms with Crippen molar-refractivity contribution < 1.29 is 15.0 Å². The predicted molar refractivity (Wildman–Crippen MR) is 46.1 cm³/mol. The summed E-state index contributed by atoms with van der Waals surface area (Å²) in [6, 6.07) is 3.26. The molecule has 0 fully saturated rings. The molecule has 1 rings (SSSR count). The minimum atomic E-state index is -0.606. The zero-order valence-corrected chi connectivity index (χ0v) is 6.61. The smallest absolute Gasteiger partial charge is 0.333 e. The van der Waals surface area contributed by atoms with Gasteiger partial charge in [0.2, 0.25) is 0 Å². The van der Waals surface area contributed by atoms with Crippen molar-refractivity contribution in [3.05, 3.63) is 18.2 Å². The second-order valence-corrected chi connectivity index (χ2v) is 2.30. The molecular weight excluding hydrogens is 174 g/mol. The molecule has 0 atom stereocenters. The number of nitrogens with one attached hydrogen (secondary N) is 2. The highest BCUT2D eigenvalue weighted by molar-refractivity contribution is 5.89. The van der Waals surface area contributed by atoms with Crippen LogP contribution in [-0.4, -0.2) is 16.2 Å². The van der Waals surface area contributed by atoms with E-state index >= 15 is 0 Å². The normalized spacial score (nSPS) is 9.31. The fourth-order valence-electron chi connectivity index (χ4n) is 0.768. The van der Waals surface area contributed by atoms with Gasteiger partial charge >= 0.3 is 6.03 Å². The zero-order valence-electron chi connectivity index (χ0n) is 6.61. The monoisotopic (exact) mass is 183 g/mol. The molecule has 0 unspecified atom stereocenters. The van der Waals surface area contributed by atoms with Crippen molar-refractivity contribution in [2.45, 2.75) is 0 Å². The van der Waals surface area contributed by atoms with E-state index in [1.807, 2.05) is 5.43 Å². The van der Waals surface area contributed by atoms with Crippen LogP contribution in [0.1, 0.15) is 0 Å². The number of phenolic OH excluding ortho intramolecular Hbond substituents is 2. The minimum Gasteiger partial charge on any atom is -0.504 e. The molecule has 0 bridgehead atoms. The lowest BCUT2D eigenvalue weighted by molar-refractivity contribution is 0.252. The summed E-state index contributed by atoms with van der Waals surface area (Å²) in [5, 5.41) is 20.3. The summed E-state index contributed by atoms with van der Waals surface area (Å²) in [5.74, 6) is 4.25. The molecule has 70 valence electrons. The fraction of sp³-hybridized carbons (Fsp3) is 0. The molecule has 1 aromatic rings. The number of carbonyl (C=O) groups is 1. The number of urea groups is 1.